The molecule has 1 aromatic heterocycles. The predicted octanol–water partition coefficient (Wildman–Crippen LogP) is 0.873. The van der Waals surface area contributed by atoms with Crippen LogP contribution >= 0.6 is 0 Å². The van der Waals surface area contributed by atoms with Crippen molar-refractivity contribution in [3.63, 3.8) is 0 Å². The topological polar surface area (TPSA) is 106 Å². The number of carbonyl (C=O) groups is 1. The molecule has 0 atom stereocenters. The van der Waals surface area contributed by atoms with Crippen molar-refractivity contribution in [2.24, 2.45) is 5.92 Å². The largest absolute Gasteiger partial charge is 0.478 e. The highest BCUT2D eigenvalue weighted by molar-refractivity contribution is 7.89. The van der Waals surface area contributed by atoms with Crippen molar-refractivity contribution in [1.29, 1.82) is 0 Å². The number of ether oxygens (including phenoxy) is 1. The smallest absolute Gasteiger partial charge is 0.337 e. The van der Waals surface area contributed by atoms with Crippen LogP contribution in [0, 0.1) is 5.92 Å². The van der Waals surface area contributed by atoms with Gasteiger partial charge in [-0.3, -0.25) is 4.98 Å². The molecule has 1 aromatic rings. The van der Waals surface area contributed by atoms with E-state index in [0.29, 0.717) is 18.6 Å². The van der Waals surface area contributed by atoms with Crippen LogP contribution in [-0.4, -0.2) is 44.2 Å². The van der Waals surface area contributed by atoms with E-state index in [0.717, 1.165) is 37.7 Å². The number of sulfonamides is 1. The second-order valence-electron chi connectivity index (χ2n) is 5.10. The van der Waals surface area contributed by atoms with Gasteiger partial charge in [0.05, 0.1) is 11.7 Å². The van der Waals surface area contributed by atoms with Crippen LogP contribution < -0.4 is 4.72 Å². The number of pyridine rings is 1. The van der Waals surface area contributed by atoms with E-state index in [2.05, 4.69) is 9.71 Å². The van der Waals surface area contributed by atoms with Gasteiger partial charge in [0.25, 0.3) is 0 Å². The molecule has 7 nitrogen and oxygen atoms in total. The summed E-state index contributed by atoms with van der Waals surface area (Å²) in [6.07, 6.45) is 5.19. The number of rotatable bonds is 7. The van der Waals surface area contributed by atoms with Crippen LogP contribution in [-0.2, 0) is 14.8 Å². The van der Waals surface area contributed by atoms with E-state index >= 15 is 0 Å². The highest BCUT2D eigenvalue weighted by Gasteiger charge is 2.28. The molecule has 2 N–H and O–H groups in total. The normalized spacial score (nSPS) is 21.8. The van der Waals surface area contributed by atoms with Gasteiger partial charge in [-0.25, -0.2) is 17.9 Å². The molecule has 0 unspecified atom stereocenters. The summed E-state index contributed by atoms with van der Waals surface area (Å²) >= 11 is 0. The maximum atomic E-state index is 12.0. The molecule has 1 saturated carbocycles. The SMILES string of the molecule is COC1CC(CCNS(=O)(=O)c2cncc(C(=O)O)c2)C1. The van der Waals surface area contributed by atoms with E-state index in [1.54, 1.807) is 7.11 Å². The molecule has 0 amide bonds. The number of carboxylic acids is 1. The van der Waals surface area contributed by atoms with Crippen molar-refractivity contribution in [1.82, 2.24) is 9.71 Å². The summed E-state index contributed by atoms with van der Waals surface area (Å²) in [5.74, 6) is -0.735. The molecule has 1 fully saturated rings. The van der Waals surface area contributed by atoms with Gasteiger partial charge in [0.15, 0.2) is 0 Å². The van der Waals surface area contributed by atoms with Gasteiger partial charge >= 0.3 is 5.97 Å². The quantitative estimate of drug-likeness (QED) is 0.773. The molecule has 0 bridgehead atoms. The molecular weight excluding hydrogens is 296 g/mol. The Bertz CT molecular complexity index is 611. The van der Waals surface area contributed by atoms with Gasteiger partial charge in [-0.2, -0.15) is 0 Å². The van der Waals surface area contributed by atoms with Crippen molar-refractivity contribution < 1.29 is 23.1 Å². The summed E-state index contributed by atoms with van der Waals surface area (Å²) in [6, 6.07) is 1.10. The zero-order valence-electron chi connectivity index (χ0n) is 11.7. The Balaban J connectivity index is 1.90. The molecule has 0 aliphatic heterocycles. The van der Waals surface area contributed by atoms with Gasteiger partial charge < -0.3 is 9.84 Å². The van der Waals surface area contributed by atoms with Crippen LogP contribution in [0.4, 0.5) is 0 Å². The fraction of sp³-hybridized carbons (Fsp3) is 0.538. The van der Waals surface area contributed by atoms with E-state index in [1.165, 1.54) is 0 Å². The molecule has 0 radical (unpaired) electrons. The minimum absolute atomic E-state index is 0.134. The molecule has 1 aliphatic carbocycles. The van der Waals surface area contributed by atoms with Gasteiger partial charge in [0.2, 0.25) is 10.0 Å². The maximum Gasteiger partial charge on any atom is 0.337 e. The lowest BCUT2D eigenvalue weighted by Gasteiger charge is -2.34. The lowest BCUT2D eigenvalue weighted by molar-refractivity contribution is -0.000910. The van der Waals surface area contributed by atoms with E-state index in [4.69, 9.17) is 9.84 Å². The fourth-order valence-electron chi connectivity index (χ4n) is 2.27. The van der Waals surface area contributed by atoms with E-state index in [-0.39, 0.29) is 10.5 Å². The van der Waals surface area contributed by atoms with Gasteiger partial charge in [-0.15, -0.1) is 0 Å². The van der Waals surface area contributed by atoms with Crippen LogP contribution in [0.5, 0.6) is 0 Å². The Labute approximate surface area is 123 Å². The molecule has 0 aromatic carbocycles. The van der Waals surface area contributed by atoms with Gasteiger partial charge in [-0.05, 0) is 31.2 Å². The van der Waals surface area contributed by atoms with Crippen molar-refractivity contribution >= 4 is 16.0 Å². The first kappa shape index (κ1) is 15.9. The maximum absolute atomic E-state index is 12.0. The van der Waals surface area contributed by atoms with Crippen LogP contribution in [0.25, 0.3) is 0 Å². The first-order valence-electron chi connectivity index (χ1n) is 6.63. The molecule has 1 aliphatic rings. The van der Waals surface area contributed by atoms with Crippen LogP contribution in [0.1, 0.15) is 29.6 Å². The van der Waals surface area contributed by atoms with Crippen LogP contribution in [0.2, 0.25) is 0 Å². The first-order valence-corrected chi connectivity index (χ1v) is 8.11. The summed E-state index contributed by atoms with van der Waals surface area (Å²) in [6.45, 7) is 0.320. The lowest BCUT2D eigenvalue weighted by Crippen LogP contribution is -2.34. The number of nitrogens with zero attached hydrogens (tertiary/aromatic N) is 1. The van der Waals surface area contributed by atoms with Crippen molar-refractivity contribution in [3.8, 4) is 0 Å². The summed E-state index contributed by atoms with van der Waals surface area (Å²) < 4.78 is 31.7. The monoisotopic (exact) mass is 314 g/mol. The van der Waals surface area contributed by atoms with Crippen molar-refractivity contribution in [2.45, 2.75) is 30.3 Å². The second kappa shape index (κ2) is 6.50. The number of aromatic carboxylic acids is 1. The Morgan fingerprint density at radius 3 is 2.81 bits per heavy atom. The number of aromatic nitrogens is 1. The Morgan fingerprint density at radius 1 is 1.48 bits per heavy atom. The number of methoxy groups -OCH3 is 1. The van der Waals surface area contributed by atoms with Crippen molar-refractivity contribution in [2.75, 3.05) is 13.7 Å². The Kier molecular flexibility index (Phi) is 4.92. The second-order valence-corrected chi connectivity index (χ2v) is 6.86. The zero-order chi connectivity index (χ0) is 15.5. The average Bonchev–Trinajstić information content (AvgIpc) is 2.41. The molecule has 2 rings (SSSR count). The minimum atomic E-state index is -3.72. The first-order chi connectivity index (χ1) is 9.92. The number of nitrogens with one attached hydrogen (secondary N) is 1. The third-order valence-electron chi connectivity index (χ3n) is 3.64. The van der Waals surface area contributed by atoms with Crippen LogP contribution in [0.3, 0.4) is 0 Å². The number of hydrogen-bond acceptors (Lipinski definition) is 5. The summed E-state index contributed by atoms with van der Waals surface area (Å²) in [5.41, 5.74) is -0.153. The summed E-state index contributed by atoms with van der Waals surface area (Å²) in [4.78, 5) is 14.3. The molecular formula is C13H18N2O5S. The summed E-state index contributed by atoms with van der Waals surface area (Å²) in [7, 11) is -2.05. The third kappa shape index (κ3) is 3.99. The molecule has 21 heavy (non-hydrogen) atoms. The molecule has 8 heteroatoms. The molecule has 116 valence electrons. The lowest BCUT2D eigenvalue weighted by atomic mass is 9.80. The third-order valence-corrected chi connectivity index (χ3v) is 5.07. The Hall–Kier alpha value is -1.51. The van der Waals surface area contributed by atoms with Crippen LogP contribution in [0.15, 0.2) is 23.4 Å². The number of carboxylic acid groups (broad SMARTS) is 1. The van der Waals surface area contributed by atoms with E-state index < -0.39 is 16.0 Å². The van der Waals surface area contributed by atoms with Gasteiger partial charge in [0, 0.05) is 26.0 Å². The fourth-order valence-corrected chi connectivity index (χ4v) is 3.30. The van der Waals surface area contributed by atoms with Crippen molar-refractivity contribution in [3.05, 3.63) is 24.0 Å². The van der Waals surface area contributed by atoms with E-state index in [9.17, 15) is 13.2 Å². The molecule has 1 heterocycles. The average molecular weight is 314 g/mol. The number of hydrogen-bond donors (Lipinski definition) is 2. The predicted molar refractivity (Wildman–Crippen MR) is 74.5 cm³/mol. The summed E-state index contributed by atoms with van der Waals surface area (Å²) in [5, 5.41) is 8.84. The minimum Gasteiger partial charge on any atom is -0.478 e. The van der Waals surface area contributed by atoms with Gasteiger partial charge in [-0.1, -0.05) is 0 Å². The molecule has 0 spiro atoms. The van der Waals surface area contributed by atoms with E-state index in [1.807, 2.05) is 0 Å². The molecule has 0 saturated heterocycles. The highest BCUT2D eigenvalue weighted by Crippen LogP contribution is 2.31. The van der Waals surface area contributed by atoms with Gasteiger partial charge in [0.1, 0.15) is 4.90 Å². The highest BCUT2D eigenvalue weighted by atomic mass is 32.2. The standard InChI is InChI=1S/C13H18N2O5S/c1-20-11-4-9(5-11)2-3-15-21(18,19)12-6-10(13(16)17)7-14-8-12/h6-9,11,15H,2-5H2,1H3,(H,16,17). The Morgan fingerprint density at radius 2 is 2.19 bits per heavy atom. The zero-order valence-corrected chi connectivity index (χ0v) is 12.5.